The molecule has 0 saturated carbocycles. The monoisotopic (exact) mass is 250 g/mol. The highest BCUT2D eigenvalue weighted by Crippen LogP contribution is 2.61. The van der Waals surface area contributed by atoms with E-state index >= 15 is 0 Å². The largest absolute Gasteiger partial charge is 0.385 e. The van der Waals surface area contributed by atoms with E-state index in [0.717, 1.165) is 12.0 Å². The molecule has 1 heteroatoms. The van der Waals surface area contributed by atoms with Gasteiger partial charge in [-0.15, -0.1) is 0 Å². The Morgan fingerprint density at radius 1 is 0.895 bits per heavy atom. The average molecular weight is 250 g/mol. The lowest BCUT2D eigenvalue weighted by Crippen LogP contribution is -2.38. The van der Waals surface area contributed by atoms with Crippen LogP contribution in [-0.4, -0.2) is 5.11 Å². The Bertz CT molecular complexity index is 671. The molecule has 0 amide bonds. The van der Waals surface area contributed by atoms with Gasteiger partial charge in [0.1, 0.15) is 0 Å². The average Bonchev–Trinajstić information content (AvgIpc) is 2.72. The zero-order valence-electron chi connectivity index (χ0n) is 11.4. The summed E-state index contributed by atoms with van der Waals surface area (Å²) in [5, 5.41) is 11.1. The van der Waals surface area contributed by atoms with Gasteiger partial charge in [-0.25, -0.2) is 0 Å². The fourth-order valence-electron chi connectivity index (χ4n) is 4.28. The van der Waals surface area contributed by atoms with E-state index in [9.17, 15) is 5.11 Å². The number of hydrogen-bond donors (Lipinski definition) is 1. The molecule has 2 aromatic carbocycles. The molecule has 2 aliphatic rings. The highest BCUT2D eigenvalue weighted by atomic mass is 16.3. The second-order valence-corrected chi connectivity index (χ2v) is 6.37. The maximum atomic E-state index is 11.1. The van der Waals surface area contributed by atoms with Gasteiger partial charge in [-0.05, 0) is 35.6 Å². The summed E-state index contributed by atoms with van der Waals surface area (Å²) < 4.78 is 0. The smallest absolute Gasteiger partial charge is 0.0940 e. The topological polar surface area (TPSA) is 20.2 Å². The first kappa shape index (κ1) is 11.2. The normalized spacial score (nSPS) is 34.8. The van der Waals surface area contributed by atoms with Crippen molar-refractivity contribution < 1.29 is 5.11 Å². The van der Waals surface area contributed by atoms with Crippen LogP contribution in [-0.2, 0) is 11.0 Å². The van der Waals surface area contributed by atoms with Crippen molar-refractivity contribution in [1.82, 2.24) is 0 Å². The second-order valence-electron chi connectivity index (χ2n) is 6.37. The Balaban J connectivity index is 2.12. The Morgan fingerprint density at radius 3 is 2.21 bits per heavy atom. The van der Waals surface area contributed by atoms with E-state index in [1.54, 1.807) is 0 Å². The predicted octanol–water partition coefficient (Wildman–Crippen LogP) is 3.70. The van der Waals surface area contributed by atoms with Crippen LogP contribution in [0, 0.1) is 0 Å². The first-order valence-electron chi connectivity index (χ1n) is 6.97. The van der Waals surface area contributed by atoms with E-state index in [0.29, 0.717) is 0 Å². The van der Waals surface area contributed by atoms with E-state index in [-0.39, 0.29) is 11.3 Å². The lowest BCUT2D eigenvalue weighted by atomic mass is 9.65. The molecule has 3 atom stereocenters. The van der Waals surface area contributed by atoms with Gasteiger partial charge in [-0.2, -0.15) is 0 Å². The fraction of sp³-hybridized carbons (Fsp3) is 0.333. The second kappa shape index (κ2) is 3.29. The molecule has 0 saturated heterocycles. The van der Waals surface area contributed by atoms with Crippen LogP contribution >= 0.6 is 0 Å². The quantitative estimate of drug-likeness (QED) is 0.756. The summed E-state index contributed by atoms with van der Waals surface area (Å²) in [5.74, 6) is 0.212. The molecular formula is C18H18O. The molecule has 1 nitrogen and oxygen atoms in total. The Kier molecular flexibility index (Phi) is 1.95. The van der Waals surface area contributed by atoms with E-state index in [4.69, 9.17) is 0 Å². The number of hydrogen-bond acceptors (Lipinski definition) is 1. The van der Waals surface area contributed by atoms with Gasteiger partial charge in [-0.3, -0.25) is 0 Å². The van der Waals surface area contributed by atoms with Crippen LogP contribution in [0.3, 0.4) is 0 Å². The molecule has 2 aliphatic carbocycles. The van der Waals surface area contributed by atoms with Crippen LogP contribution in [0.5, 0.6) is 0 Å². The molecule has 19 heavy (non-hydrogen) atoms. The molecule has 0 aliphatic heterocycles. The molecule has 4 rings (SSSR count). The summed E-state index contributed by atoms with van der Waals surface area (Å²) in [6, 6.07) is 17.0. The minimum Gasteiger partial charge on any atom is -0.385 e. The Morgan fingerprint density at radius 2 is 1.47 bits per heavy atom. The van der Waals surface area contributed by atoms with Crippen molar-refractivity contribution in [2.75, 3.05) is 0 Å². The molecule has 0 radical (unpaired) electrons. The zero-order chi connectivity index (χ0) is 13.3. The number of benzene rings is 2. The first-order chi connectivity index (χ1) is 9.05. The summed E-state index contributed by atoms with van der Waals surface area (Å²) in [4.78, 5) is 0. The van der Waals surface area contributed by atoms with Crippen LogP contribution in [0.1, 0.15) is 48.4 Å². The fourth-order valence-corrected chi connectivity index (χ4v) is 4.28. The lowest BCUT2D eigenvalue weighted by Gasteiger charge is -2.41. The van der Waals surface area contributed by atoms with Crippen LogP contribution in [0.2, 0.25) is 0 Å². The summed E-state index contributed by atoms with van der Waals surface area (Å²) in [6.07, 6.45) is 1.01. The third-order valence-electron chi connectivity index (χ3n) is 5.29. The standard InChI is InChI=1S/C18H18O/c1-17-11-16(12-7-3-4-8-13(12)17)18(2,19)15-10-6-5-9-14(15)17/h3-10,16,19H,11H2,1-2H3/t16-,17+,18+/m1/s1. The summed E-state index contributed by atoms with van der Waals surface area (Å²) in [5.41, 5.74) is 4.41. The summed E-state index contributed by atoms with van der Waals surface area (Å²) in [6.45, 7) is 4.29. The number of fused-ring (bicyclic) bond motifs is 7. The maximum Gasteiger partial charge on any atom is 0.0940 e. The molecule has 0 unspecified atom stereocenters. The highest BCUT2D eigenvalue weighted by molar-refractivity contribution is 5.58. The van der Waals surface area contributed by atoms with Crippen molar-refractivity contribution in [1.29, 1.82) is 0 Å². The molecule has 1 N–H and O–H groups in total. The third-order valence-corrected chi connectivity index (χ3v) is 5.29. The molecule has 96 valence electrons. The Hall–Kier alpha value is -1.60. The Labute approximate surface area is 113 Å². The van der Waals surface area contributed by atoms with Crippen molar-refractivity contribution in [3.8, 4) is 0 Å². The van der Waals surface area contributed by atoms with Crippen LogP contribution < -0.4 is 0 Å². The van der Waals surface area contributed by atoms with Gasteiger partial charge in [-0.1, -0.05) is 55.5 Å². The third kappa shape index (κ3) is 1.19. The van der Waals surface area contributed by atoms with E-state index in [1.807, 2.05) is 13.0 Å². The van der Waals surface area contributed by atoms with Crippen molar-refractivity contribution in [2.24, 2.45) is 0 Å². The van der Waals surface area contributed by atoms with Crippen molar-refractivity contribution >= 4 is 0 Å². The minimum atomic E-state index is -0.761. The van der Waals surface area contributed by atoms with Gasteiger partial charge in [0.05, 0.1) is 5.60 Å². The SMILES string of the molecule is C[C@]12C[C@H](c3ccccc31)[C@@](C)(O)c1ccccc12. The molecular weight excluding hydrogens is 232 g/mol. The molecule has 0 aromatic heterocycles. The van der Waals surface area contributed by atoms with Crippen LogP contribution in [0.25, 0.3) is 0 Å². The lowest BCUT2D eigenvalue weighted by molar-refractivity contribution is 0.0137. The molecule has 0 fully saturated rings. The summed E-state index contributed by atoms with van der Waals surface area (Å²) >= 11 is 0. The van der Waals surface area contributed by atoms with Crippen molar-refractivity contribution in [2.45, 2.75) is 37.2 Å². The highest BCUT2D eigenvalue weighted by Gasteiger charge is 2.54. The molecule has 2 aromatic rings. The van der Waals surface area contributed by atoms with E-state index < -0.39 is 5.60 Å². The minimum absolute atomic E-state index is 0.0556. The van der Waals surface area contributed by atoms with Crippen LogP contribution in [0.4, 0.5) is 0 Å². The van der Waals surface area contributed by atoms with Gasteiger partial charge >= 0.3 is 0 Å². The van der Waals surface area contributed by atoms with E-state index in [1.165, 1.54) is 16.7 Å². The summed E-state index contributed by atoms with van der Waals surface area (Å²) in [7, 11) is 0. The van der Waals surface area contributed by atoms with E-state index in [2.05, 4.69) is 49.4 Å². The van der Waals surface area contributed by atoms with Gasteiger partial charge in [0.25, 0.3) is 0 Å². The number of aliphatic hydroxyl groups is 1. The zero-order valence-corrected chi connectivity index (χ0v) is 11.4. The molecule has 0 heterocycles. The molecule has 0 spiro atoms. The maximum absolute atomic E-state index is 11.1. The molecule has 2 bridgehead atoms. The first-order valence-corrected chi connectivity index (χ1v) is 6.97. The van der Waals surface area contributed by atoms with Gasteiger partial charge in [0.2, 0.25) is 0 Å². The predicted molar refractivity (Wildman–Crippen MR) is 76.3 cm³/mol. The van der Waals surface area contributed by atoms with Gasteiger partial charge < -0.3 is 5.11 Å². The number of rotatable bonds is 0. The van der Waals surface area contributed by atoms with Gasteiger partial charge in [0, 0.05) is 11.3 Å². The van der Waals surface area contributed by atoms with Crippen molar-refractivity contribution in [3.05, 3.63) is 70.8 Å². The van der Waals surface area contributed by atoms with Crippen molar-refractivity contribution in [3.63, 3.8) is 0 Å². The van der Waals surface area contributed by atoms with Gasteiger partial charge in [0.15, 0.2) is 0 Å². The van der Waals surface area contributed by atoms with Crippen LogP contribution in [0.15, 0.2) is 48.5 Å².